The van der Waals surface area contributed by atoms with E-state index in [1.54, 1.807) is 0 Å². The summed E-state index contributed by atoms with van der Waals surface area (Å²) < 4.78 is 10.8. The van der Waals surface area contributed by atoms with E-state index in [1.165, 1.54) is 0 Å². The van der Waals surface area contributed by atoms with Gasteiger partial charge in [0.05, 0.1) is 13.2 Å². The summed E-state index contributed by atoms with van der Waals surface area (Å²) in [6.45, 7) is 3.47. The van der Waals surface area contributed by atoms with Crippen molar-refractivity contribution in [2.24, 2.45) is 0 Å². The van der Waals surface area contributed by atoms with Gasteiger partial charge < -0.3 is 14.6 Å². The van der Waals surface area contributed by atoms with Crippen LogP contribution in [0.1, 0.15) is 30.3 Å². The van der Waals surface area contributed by atoms with Crippen LogP contribution in [0.5, 0.6) is 0 Å². The average molecular weight is 208 g/mol. The van der Waals surface area contributed by atoms with Crippen LogP contribution in [-0.2, 0) is 9.47 Å². The number of hydrogen-bond donors (Lipinski definition) is 1. The quantitative estimate of drug-likeness (QED) is 0.823. The number of benzene rings is 1. The van der Waals surface area contributed by atoms with E-state index in [2.05, 4.69) is 0 Å². The SMILES string of the molecule is CC(CO)c1cccc(C2OCCO2)c1. The maximum atomic E-state index is 9.08. The summed E-state index contributed by atoms with van der Waals surface area (Å²) in [4.78, 5) is 0. The van der Waals surface area contributed by atoms with E-state index in [1.807, 2.05) is 31.2 Å². The van der Waals surface area contributed by atoms with Gasteiger partial charge in [-0.15, -0.1) is 0 Å². The molecule has 1 atom stereocenters. The molecular formula is C12H16O3. The lowest BCUT2D eigenvalue weighted by atomic mass is 10.00. The van der Waals surface area contributed by atoms with Crippen LogP contribution in [0.3, 0.4) is 0 Å². The third-order valence-electron chi connectivity index (χ3n) is 2.65. The van der Waals surface area contributed by atoms with Crippen molar-refractivity contribution in [2.75, 3.05) is 19.8 Å². The molecule has 0 spiro atoms. The molecule has 1 aliphatic heterocycles. The van der Waals surface area contributed by atoms with E-state index in [-0.39, 0.29) is 18.8 Å². The Bertz CT molecular complexity index is 318. The molecule has 1 aliphatic rings. The fourth-order valence-electron chi connectivity index (χ4n) is 1.67. The van der Waals surface area contributed by atoms with Crippen molar-refractivity contribution in [2.45, 2.75) is 19.1 Å². The van der Waals surface area contributed by atoms with Gasteiger partial charge in [-0.25, -0.2) is 0 Å². The first kappa shape index (κ1) is 10.6. The molecule has 0 aromatic heterocycles. The molecule has 1 heterocycles. The van der Waals surface area contributed by atoms with Gasteiger partial charge in [0.15, 0.2) is 6.29 Å². The van der Waals surface area contributed by atoms with E-state index in [9.17, 15) is 0 Å². The zero-order valence-electron chi connectivity index (χ0n) is 8.85. The Morgan fingerprint density at radius 2 is 2.13 bits per heavy atom. The highest BCUT2D eigenvalue weighted by atomic mass is 16.7. The Kier molecular flexibility index (Phi) is 3.36. The largest absolute Gasteiger partial charge is 0.396 e. The zero-order chi connectivity index (χ0) is 10.7. The molecular weight excluding hydrogens is 192 g/mol. The van der Waals surface area contributed by atoms with Gasteiger partial charge in [-0.05, 0) is 5.56 Å². The molecule has 1 aromatic carbocycles. The molecule has 82 valence electrons. The predicted molar refractivity (Wildman–Crippen MR) is 56.6 cm³/mol. The lowest BCUT2D eigenvalue weighted by molar-refractivity contribution is -0.0441. The molecule has 0 aliphatic carbocycles. The van der Waals surface area contributed by atoms with Crippen LogP contribution in [0.2, 0.25) is 0 Å². The molecule has 2 rings (SSSR count). The first-order chi connectivity index (χ1) is 7.31. The van der Waals surface area contributed by atoms with Crippen LogP contribution in [-0.4, -0.2) is 24.9 Å². The molecule has 0 radical (unpaired) electrons. The summed E-state index contributed by atoms with van der Waals surface area (Å²) in [5.41, 5.74) is 2.15. The van der Waals surface area contributed by atoms with Crippen molar-refractivity contribution >= 4 is 0 Å². The predicted octanol–water partition coefficient (Wildman–Crippen LogP) is 1.83. The first-order valence-corrected chi connectivity index (χ1v) is 5.25. The van der Waals surface area contributed by atoms with Gasteiger partial charge in [0.2, 0.25) is 0 Å². The molecule has 0 amide bonds. The van der Waals surface area contributed by atoms with Crippen LogP contribution in [0.4, 0.5) is 0 Å². The third kappa shape index (κ3) is 2.37. The number of hydrogen-bond acceptors (Lipinski definition) is 3. The highest BCUT2D eigenvalue weighted by Gasteiger charge is 2.18. The molecule has 0 saturated carbocycles. The molecule has 1 N–H and O–H groups in total. The summed E-state index contributed by atoms with van der Waals surface area (Å²) in [5, 5.41) is 9.08. The lowest BCUT2D eigenvalue weighted by Gasteiger charge is -2.13. The summed E-state index contributed by atoms with van der Waals surface area (Å²) in [7, 11) is 0. The molecule has 1 unspecified atom stereocenters. The van der Waals surface area contributed by atoms with Crippen molar-refractivity contribution in [3.05, 3.63) is 35.4 Å². The van der Waals surface area contributed by atoms with Crippen molar-refractivity contribution in [3.8, 4) is 0 Å². The van der Waals surface area contributed by atoms with Gasteiger partial charge in [-0.1, -0.05) is 31.2 Å². The Morgan fingerprint density at radius 1 is 1.40 bits per heavy atom. The number of rotatable bonds is 3. The van der Waals surface area contributed by atoms with Crippen LogP contribution < -0.4 is 0 Å². The van der Waals surface area contributed by atoms with Crippen molar-refractivity contribution in [3.63, 3.8) is 0 Å². The van der Waals surface area contributed by atoms with Crippen LogP contribution in [0.15, 0.2) is 24.3 Å². The second kappa shape index (κ2) is 4.75. The Morgan fingerprint density at radius 3 is 2.80 bits per heavy atom. The highest BCUT2D eigenvalue weighted by molar-refractivity contribution is 5.27. The molecule has 1 saturated heterocycles. The third-order valence-corrected chi connectivity index (χ3v) is 2.65. The van der Waals surface area contributed by atoms with E-state index in [0.29, 0.717) is 13.2 Å². The molecule has 1 fully saturated rings. The standard InChI is InChI=1S/C12H16O3/c1-9(8-13)10-3-2-4-11(7-10)12-14-5-6-15-12/h2-4,7,9,12-13H,5-6,8H2,1H3. The Hall–Kier alpha value is -0.900. The van der Waals surface area contributed by atoms with Gasteiger partial charge in [0.25, 0.3) is 0 Å². The minimum Gasteiger partial charge on any atom is -0.396 e. The summed E-state index contributed by atoms with van der Waals surface area (Å²) in [5.74, 6) is 0.159. The van der Waals surface area contributed by atoms with Crippen molar-refractivity contribution < 1.29 is 14.6 Å². The fraction of sp³-hybridized carbons (Fsp3) is 0.500. The van der Waals surface area contributed by atoms with Gasteiger partial charge in [0.1, 0.15) is 0 Å². The number of aliphatic hydroxyl groups is 1. The van der Waals surface area contributed by atoms with Crippen LogP contribution in [0.25, 0.3) is 0 Å². The van der Waals surface area contributed by atoms with Gasteiger partial charge >= 0.3 is 0 Å². The Balaban J connectivity index is 2.18. The summed E-state index contributed by atoms with van der Waals surface area (Å²) >= 11 is 0. The summed E-state index contributed by atoms with van der Waals surface area (Å²) in [6.07, 6.45) is -0.226. The van der Waals surface area contributed by atoms with Crippen LogP contribution >= 0.6 is 0 Å². The maximum absolute atomic E-state index is 9.08. The van der Waals surface area contributed by atoms with Crippen molar-refractivity contribution in [1.29, 1.82) is 0 Å². The van der Waals surface area contributed by atoms with Crippen molar-refractivity contribution in [1.82, 2.24) is 0 Å². The molecule has 15 heavy (non-hydrogen) atoms. The van der Waals surface area contributed by atoms with E-state index in [0.717, 1.165) is 11.1 Å². The maximum Gasteiger partial charge on any atom is 0.184 e. The smallest absolute Gasteiger partial charge is 0.184 e. The minimum absolute atomic E-state index is 0.159. The van der Waals surface area contributed by atoms with E-state index >= 15 is 0 Å². The fourth-order valence-corrected chi connectivity index (χ4v) is 1.67. The first-order valence-electron chi connectivity index (χ1n) is 5.25. The molecule has 3 heteroatoms. The number of aliphatic hydroxyl groups excluding tert-OH is 1. The zero-order valence-corrected chi connectivity index (χ0v) is 8.85. The average Bonchev–Trinajstić information content (AvgIpc) is 2.82. The monoisotopic (exact) mass is 208 g/mol. The topological polar surface area (TPSA) is 38.7 Å². The molecule has 1 aromatic rings. The van der Waals surface area contributed by atoms with Crippen LogP contribution in [0, 0.1) is 0 Å². The van der Waals surface area contributed by atoms with Gasteiger partial charge in [-0.2, -0.15) is 0 Å². The molecule has 0 bridgehead atoms. The van der Waals surface area contributed by atoms with Gasteiger partial charge in [0, 0.05) is 18.1 Å². The normalized spacial score (nSPS) is 19.3. The Labute approximate surface area is 89.6 Å². The lowest BCUT2D eigenvalue weighted by Crippen LogP contribution is -2.02. The van der Waals surface area contributed by atoms with E-state index in [4.69, 9.17) is 14.6 Å². The summed E-state index contributed by atoms with van der Waals surface area (Å²) in [6, 6.07) is 8.02. The number of ether oxygens (including phenoxy) is 2. The molecule has 3 nitrogen and oxygen atoms in total. The highest BCUT2D eigenvalue weighted by Crippen LogP contribution is 2.25. The van der Waals surface area contributed by atoms with E-state index < -0.39 is 0 Å². The second-order valence-electron chi connectivity index (χ2n) is 3.83. The van der Waals surface area contributed by atoms with Gasteiger partial charge in [-0.3, -0.25) is 0 Å². The second-order valence-corrected chi connectivity index (χ2v) is 3.83. The minimum atomic E-state index is -0.226.